The van der Waals surface area contributed by atoms with Crippen LogP contribution in [0.5, 0.6) is 0 Å². The Morgan fingerprint density at radius 1 is 1.06 bits per heavy atom. The molecule has 2 atom stereocenters. The van der Waals surface area contributed by atoms with Crippen molar-refractivity contribution in [1.82, 2.24) is 19.7 Å². The number of piperidine rings is 1. The van der Waals surface area contributed by atoms with Crippen LogP contribution in [0.4, 0.5) is 0 Å². The molecule has 0 spiro atoms. The third kappa shape index (κ3) is 4.37. The van der Waals surface area contributed by atoms with Crippen LogP contribution in [0, 0.1) is 0 Å². The van der Waals surface area contributed by atoms with Gasteiger partial charge in [-0.05, 0) is 64.6 Å². The zero-order valence-electron chi connectivity index (χ0n) is 20.9. The number of carbonyl (C=O) groups is 2. The van der Waals surface area contributed by atoms with E-state index in [9.17, 15) is 9.59 Å². The number of carbonyl (C=O) groups excluding carboxylic acids is 2. The van der Waals surface area contributed by atoms with Crippen molar-refractivity contribution in [1.29, 1.82) is 0 Å². The highest BCUT2D eigenvalue weighted by Gasteiger charge is 2.47. The van der Waals surface area contributed by atoms with Crippen LogP contribution in [0.15, 0.2) is 30.3 Å². The minimum absolute atomic E-state index is 0.00233. The first-order chi connectivity index (χ1) is 16.5. The number of nitrogens with zero attached hydrogens (tertiary/aromatic N) is 3. The Labute approximate surface area is 203 Å². The van der Waals surface area contributed by atoms with E-state index in [2.05, 4.69) is 33.8 Å². The molecule has 2 aliphatic heterocycles. The molecule has 2 unspecified atom stereocenters. The maximum atomic E-state index is 13.9. The number of hydrogen-bond donors (Lipinski definition) is 1. The van der Waals surface area contributed by atoms with Crippen molar-refractivity contribution in [2.75, 3.05) is 19.6 Å². The molecule has 0 radical (unpaired) electrons. The quantitative estimate of drug-likeness (QED) is 0.681. The number of amides is 2. The second-order valence-electron chi connectivity index (χ2n) is 10.9. The zero-order chi connectivity index (χ0) is 23.7. The van der Waals surface area contributed by atoms with E-state index >= 15 is 0 Å². The molecular formula is C28H40N4O2. The zero-order valence-corrected chi connectivity index (χ0v) is 20.9. The van der Waals surface area contributed by atoms with E-state index in [1.807, 2.05) is 30.0 Å². The normalized spacial score (nSPS) is 26.6. The van der Waals surface area contributed by atoms with Gasteiger partial charge in [0.1, 0.15) is 11.2 Å². The lowest BCUT2D eigenvalue weighted by molar-refractivity contribution is -0.133. The fourth-order valence-electron chi connectivity index (χ4n) is 6.37. The van der Waals surface area contributed by atoms with Gasteiger partial charge < -0.3 is 19.7 Å². The van der Waals surface area contributed by atoms with E-state index in [4.69, 9.17) is 0 Å². The van der Waals surface area contributed by atoms with Crippen molar-refractivity contribution in [3.05, 3.63) is 36.0 Å². The predicted molar refractivity (Wildman–Crippen MR) is 136 cm³/mol. The first-order valence-electron chi connectivity index (χ1n) is 13.4. The molecule has 3 aliphatic rings. The van der Waals surface area contributed by atoms with Gasteiger partial charge in [-0.25, -0.2) is 0 Å². The molecule has 1 saturated heterocycles. The number of fused-ring (bicyclic) bond motifs is 3. The molecule has 6 heteroatoms. The number of benzene rings is 1. The van der Waals surface area contributed by atoms with Crippen LogP contribution in [-0.2, 0) is 11.3 Å². The van der Waals surface area contributed by atoms with Crippen LogP contribution in [-0.4, -0.2) is 63.4 Å². The maximum absolute atomic E-state index is 13.9. The lowest BCUT2D eigenvalue weighted by Gasteiger charge is -2.45. The Bertz CT molecular complexity index is 1040. The van der Waals surface area contributed by atoms with Gasteiger partial charge in [-0.3, -0.25) is 9.59 Å². The topological polar surface area (TPSA) is 57.6 Å². The summed E-state index contributed by atoms with van der Waals surface area (Å²) in [5.74, 6) is -0.0158. The molecule has 1 N–H and O–H groups in total. The molecule has 2 aromatic rings. The van der Waals surface area contributed by atoms with Gasteiger partial charge in [0.15, 0.2) is 0 Å². The standard InChI is InChI=1S/C28H40N4O2/c1-21-11-8-9-16-30(21)17-10-18-32-26(33)25-19-22-12-6-7-15-24(22)31(25)20-28(32,2)27(34)29-23-13-4-3-5-14-23/h6-7,12,15,19,21,23H,3-5,8-11,13-14,16-18,20H2,1-2H3,(H,29,34). The SMILES string of the molecule is CC1CCCCN1CCCN1C(=O)c2cc3ccccc3n2CC1(C)C(=O)NC1CCCCC1. The average molecular weight is 465 g/mol. The van der Waals surface area contributed by atoms with E-state index in [1.54, 1.807) is 0 Å². The predicted octanol–water partition coefficient (Wildman–Crippen LogP) is 4.57. The molecule has 1 saturated carbocycles. The number of para-hydroxylation sites is 1. The van der Waals surface area contributed by atoms with Crippen LogP contribution in [0.3, 0.4) is 0 Å². The van der Waals surface area contributed by atoms with E-state index in [1.165, 1.54) is 38.5 Å². The van der Waals surface area contributed by atoms with Gasteiger partial charge >= 0.3 is 0 Å². The second kappa shape index (κ2) is 9.73. The van der Waals surface area contributed by atoms with Crippen molar-refractivity contribution in [3.63, 3.8) is 0 Å². The molecule has 5 rings (SSSR count). The third-order valence-corrected chi connectivity index (χ3v) is 8.53. The van der Waals surface area contributed by atoms with Gasteiger partial charge in [0.2, 0.25) is 5.91 Å². The van der Waals surface area contributed by atoms with Gasteiger partial charge in [0, 0.05) is 36.1 Å². The molecular weight excluding hydrogens is 424 g/mol. The summed E-state index contributed by atoms with van der Waals surface area (Å²) in [4.78, 5) is 32.1. The van der Waals surface area contributed by atoms with Gasteiger partial charge in [-0.15, -0.1) is 0 Å². The highest BCUT2D eigenvalue weighted by Crippen LogP contribution is 2.33. The Hall–Kier alpha value is -2.34. The van der Waals surface area contributed by atoms with Crippen LogP contribution in [0.25, 0.3) is 10.9 Å². The third-order valence-electron chi connectivity index (χ3n) is 8.53. The summed E-state index contributed by atoms with van der Waals surface area (Å²) in [5.41, 5.74) is 0.844. The molecule has 6 nitrogen and oxygen atoms in total. The minimum Gasteiger partial charge on any atom is -0.351 e. The van der Waals surface area contributed by atoms with Gasteiger partial charge in [-0.1, -0.05) is 43.9 Å². The van der Waals surface area contributed by atoms with E-state index < -0.39 is 5.54 Å². The first kappa shape index (κ1) is 23.4. The lowest BCUT2D eigenvalue weighted by atomic mass is 9.91. The fourth-order valence-corrected chi connectivity index (χ4v) is 6.37. The highest BCUT2D eigenvalue weighted by molar-refractivity contribution is 6.03. The van der Waals surface area contributed by atoms with Gasteiger partial charge in [0.05, 0.1) is 6.54 Å². The summed E-state index contributed by atoms with van der Waals surface area (Å²) in [5, 5.41) is 4.40. The van der Waals surface area contributed by atoms with Crippen molar-refractivity contribution >= 4 is 22.7 Å². The van der Waals surface area contributed by atoms with Crippen molar-refractivity contribution in [2.24, 2.45) is 0 Å². The number of nitrogens with one attached hydrogen (secondary N) is 1. The van der Waals surface area contributed by atoms with Crippen LogP contribution in [0.2, 0.25) is 0 Å². The molecule has 2 fully saturated rings. The van der Waals surface area contributed by atoms with Crippen LogP contribution in [0.1, 0.15) is 82.1 Å². The number of aromatic nitrogens is 1. The molecule has 1 aliphatic carbocycles. The summed E-state index contributed by atoms with van der Waals surface area (Å²) in [7, 11) is 0. The van der Waals surface area contributed by atoms with Gasteiger partial charge in [0.25, 0.3) is 5.91 Å². The molecule has 1 aromatic heterocycles. The van der Waals surface area contributed by atoms with Crippen molar-refractivity contribution in [2.45, 2.75) is 95.8 Å². The summed E-state index contributed by atoms with van der Waals surface area (Å²) < 4.78 is 2.07. The summed E-state index contributed by atoms with van der Waals surface area (Å²) in [6.07, 6.45) is 10.4. The number of likely N-dealkylation sites (tertiary alicyclic amines) is 1. The largest absolute Gasteiger partial charge is 0.351 e. The molecule has 0 bridgehead atoms. The van der Waals surface area contributed by atoms with E-state index in [0.717, 1.165) is 43.3 Å². The smallest absolute Gasteiger partial charge is 0.271 e. The molecule has 1 aromatic carbocycles. The fraction of sp³-hybridized carbons (Fsp3) is 0.643. The molecule has 3 heterocycles. The Morgan fingerprint density at radius 2 is 1.82 bits per heavy atom. The average Bonchev–Trinajstić information content (AvgIpc) is 3.21. The number of rotatable bonds is 6. The summed E-state index contributed by atoms with van der Waals surface area (Å²) in [6.45, 7) is 7.52. The molecule has 2 amide bonds. The van der Waals surface area contributed by atoms with E-state index in [-0.39, 0.29) is 17.9 Å². The molecule has 34 heavy (non-hydrogen) atoms. The van der Waals surface area contributed by atoms with Crippen LogP contribution >= 0.6 is 0 Å². The maximum Gasteiger partial charge on any atom is 0.271 e. The second-order valence-corrected chi connectivity index (χ2v) is 10.9. The summed E-state index contributed by atoms with van der Waals surface area (Å²) >= 11 is 0. The van der Waals surface area contributed by atoms with E-state index in [0.29, 0.717) is 24.8 Å². The van der Waals surface area contributed by atoms with Crippen molar-refractivity contribution in [3.8, 4) is 0 Å². The molecule has 184 valence electrons. The van der Waals surface area contributed by atoms with Crippen LogP contribution < -0.4 is 5.32 Å². The Kier molecular flexibility index (Phi) is 6.70. The van der Waals surface area contributed by atoms with Crippen molar-refractivity contribution < 1.29 is 9.59 Å². The minimum atomic E-state index is -0.892. The lowest BCUT2D eigenvalue weighted by Crippen LogP contribution is -2.65. The Balaban J connectivity index is 1.40. The monoisotopic (exact) mass is 464 g/mol. The highest BCUT2D eigenvalue weighted by atomic mass is 16.2. The number of hydrogen-bond acceptors (Lipinski definition) is 3. The Morgan fingerprint density at radius 3 is 2.62 bits per heavy atom. The summed E-state index contributed by atoms with van der Waals surface area (Å²) in [6, 6.07) is 10.9. The van der Waals surface area contributed by atoms with Gasteiger partial charge in [-0.2, -0.15) is 0 Å². The first-order valence-corrected chi connectivity index (χ1v) is 13.4.